The topological polar surface area (TPSA) is 117 Å². The molecule has 3 aromatic rings. The molecule has 1 aliphatic carbocycles. The van der Waals surface area contributed by atoms with Crippen LogP contribution in [0.4, 0.5) is 10.8 Å². The van der Waals surface area contributed by atoms with E-state index >= 15 is 0 Å². The lowest BCUT2D eigenvalue weighted by atomic mass is 10.1. The van der Waals surface area contributed by atoms with Crippen molar-refractivity contribution in [3.05, 3.63) is 71.7 Å². The lowest BCUT2D eigenvalue weighted by molar-refractivity contribution is 0.585. The molecule has 8 nitrogen and oxygen atoms in total. The van der Waals surface area contributed by atoms with Crippen LogP contribution in [0.25, 0.3) is 0 Å². The quantitative estimate of drug-likeness (QED) is 0.488. The summed E-state index contributed by atoms with van der Waals surface area (Å²) in [5.41, 5.74) is 1.37. The van der Waals surface area contributed by atoms with Crippen LogP contribution < -0.4 is 14.2 Å². The number of nitrogens with one attached hydrogen (secondary N) is 3. The zero-order valence-electron chi connectivity index (χ0n) is 15.0. The molecule has 3 N–H and O–H groups in total. The largest absolute Gasteiger partial charge is 0.299 e. The van der Waals surface area contributed by atoms with Crippen LogP contribution >= 0.6 is 11.3 Å². The lowest BCUT2D eigenvalue weighted by Gasteiger charge is -2.10. The first-order chi connectivity index (χ1) is 13.8. The first kappa shape index (κ1) is 19.8. The van der Waals surface area contributed by atoms with Gasteiger partial charge in [0, 0.05) is 29.2 Å². The summed E-state index contributed by atoms with van der Waals surface area (Å²) >= 11 is 1.16. The smallest absolute Gasteiger partial charge is 0.271 e. The average Bonchev–Trinajstić information content (AvgIpc) is 3.24. The van der Waals surface area contributed by atoms with Crippen LogP contribution in [0.1, 0.15) is 17.9 Å². The van der Waals surface area contributed by atoms with Crippen molar-refractivity contribution in [3.8, 4) is 0 Å². The second kappa shape index (κ2) is 7.75. The number of hydrogen-bond donors (Lipinski definition) is 3. The molecule has 0 bridgehead atoms. The molecule has 152 valence electrons. The third-order valence-electron chi connectivity index (χ3n) is 4.40. The number of thiazole rings is 1. The van der Waals surface area contributed by atoms with Gasteiger partial charge in [-0.2, -0.15) is 13.1 Å². The fraction of sp³-hybridized carbons (Fsp3) is 0.167. The molecule has 1 heterocycles. The molecule has 1 aromatic heterocycles. The Morgan fingerprint density at radius 3 is 2.31 bits per heavy atom. The summed E-state index contributed by atoms with van der Waals surface area (Å²) in [5, 5.41) is 1.92. The molecule has 1 fully saturated rings. The Kier molecular flexibility index (Phi) is 5.30. The van der Waals surface area contributed by atoms with Crippen molar-refractivity contribution in [3.63, 3.8) is 0 Å². The minimum Gasteiger partial charge on any atom is -0.271 e. The molecule has 1 saturated carbocycles. The Hall–Kier alpha value is -2.47. The molecular weight excluding hydrogens is 432 g/mol. The van der Waals surface area contributed by atoms with Gasteiger partial charge in [0.25, 0.3) is 20.2 Å². The maximum Gasteiger partial charge on any atom is 0.299 e. The zero-order chi connectivity index (χ0) is 20.5. The maximum absolute atomic E-state index is 12.4. The number of nitrogens with zero attached hydrogens (tertiary/aromatic N) is 1. The molecule has 0 saturated heterocycles. The van der Waals surface area contributed by atoms with E-state index in [1.165, 1.54) is 30.5 Å². The monoisotopic (exact) mass is 450 g/mol. The minimum absolute atomic E-state index is 0.00921. The van der Waals surface area contributed by atoms with Crippen molar-refractivity contribution in [1.29, 1.82) is 0 Å². The predicted octanol–water partition coefficient (Wildman–Crippen LogP) is 2.75. The van der Waals surface area contributed by atoms with E-state index in [0.29, 0.717) is 0 Å². The summed E-state index contributed by atoms with van der Waals surface area (Å²) in [7, 11) is -7.56. The van der Waals surface area contributed by atoms with Gasteiger partial charge in [0.1, 0.15) is 0 Å². The van der Waals surface area contributed by atoms with Crippen LogP contribution in [0.5, 0.6) is 0 Å². The van der Waals surface area contributed by atoms with Gasteiger partial charge in [0.2, 0.25) is 0 Å². The van der Waals surface area contributed by atoms with Gasteiger partial charge in [-0.25, -0.2) is 13.4 Å². The third kappa shape index (κ3) is 4.93. The van der Waals surface area contributed by atoms with Crippen LogP contribution in [0.3, 0.4) is 0 Å². The highest BCUT2D eigenvalue weighted by Crippen LogP contribution is 2.41. The number of hydrogen-bond acceptors (Lipinski definition) is 6. The predicted molar refractivity (Wildman–Crippen MR) is 113 cm³/mol. The fourth-order valence-electron chi connectivity index (χ4n) is 2.93. The van der Waals surface area contributed by atoms with Gasteiger partial charge in [0.05, 0.1) is 4.90 Å². The van der Waals surface area contributed by atoms with Crippen LogP contribution in [-0.4, -0.2) is 27.9 Å². The van der Waals surface area contributed by atoms with E-state index in [1.807, 2.05) is 30.3 Å². The van der Waals surface area contributed by atoms with Gasteiger partial charge in [-0.05, 0) is 36.2 Å². The van der Waals surface area contributed by atoms with Crippen molar-refractivity contribution < 1.29 is 16.8 Å². The SMILES string of the molecule is O=S(=O)(Nc1ccc(S(=O)(=O)Nc2nccs2)cc1)NC1C[C@H]1c1ccccc1. The van der Waals surface area contributed by atoms with E-state index in [2.05, 4.69) is 19.2 Å². The van der Waals surface area contributed by atoms with Crippen molar-refractivity contribution in [2.45, 2.75) is 23.3 Å². The van der Waals surface area contributed by atoms with E-state index < -0.39 is 20.2 Å². The molecular formula is C18H18N4O4S3. The summed E-state index contributed by atoms with van der Waals surface area (Å²) in [6.45, 7) is 0. The highest BCUT2D eigenvalue weighted by Gasteiger charge is 2.40. The summed E-state index contributed by atoms with van der Waals surface area (Å²) in [6.07, 6.45) is 2.24. The molecule has 4 rings (SSSR count). The molecule has 0 amide bonds. The zero-order valence-corrected chi connectivity index (χ0v) is 17.5. The molecule has 0 spiro atoms. The summed E-state index contributed by atoms with van der Waals surface area (Å²) in [5.74, 6) is 0.164. The normalized spacial score (nSPS) is 18.9. The first-order valence-corrected chi connectivity index (χ1v) is 12.5. The Labute approximate surface area is 173 Å². The highest BCUT2D eigenvalue weighted by molar-refractivity contribution is 7.93. The molecule has 2 atom stereocenters. The number of aromatic nitrogens is 1. The Bertz CT molecular complexity index is 1180. The van der Waals surface area contributed by atoms with Gasteiger partial charge in [-0.3, -0.25) is 9.44 Å². The van der Waals surface area contributed by atoms with Crippen molar-refractivity contribution in [2.75, 3.05) is 9.44 Å². The summed E-state index contributed by atoms with van der Waals surface area (Å²) < 4.78 is 56.8. The molecule has 1 unspecified atom stereocenters. The molecule has 2 aromatic carbocycles. The van der Waals surface area contributed by atoms with Crippen molar-refractivity contribution in [1.82, 2.24) is 9.71 Å². The van der Waals surface area contributed by atoms with Gasteiger partial charge in [-0.1, -0.05) is 30.3 Å². The van der Waals surface area contributed by atoms with Crippen LogP contribution in [-0.2, 0) is 20.2 Å². The van der Waals surface area contributed by atoms with Gasteiger partial charge < -0.3 is 0 Å². The van der Waals surface area contributed by atoms with E-state index in [9.17, 15) is 16.8 Å². The summed E-state index contributed by atoms with van der Waals surface area (Å²) in [6, 6.07) is 15.0. The molecule has 0 aliphatic heterocycles. The Morgan fingerprint density at radius 1 is 0.931 bits per heavy atom. The standard InChI is InChI=1S/C18H18N4O4S3/c23-28(24,22-18-19-10-11-27-18)15-8-6-14(7-9-15)20-29(25,26)21-17-12-16(17)13-4-2-1-3-5-13/h1-11,16-17,20-21H,12H2,(H,19,22)/t16-,17?/m0/s1. The second-order valence-corrected chi connectivity index (χ2v) is 10.6. The van der Waals surface area contributed by atoms with E-state index in [-0.39, 0.29) is 27.7 Å². The Balaban J connectivity index is 1.38. The molecule has 29 heavy (non-hydrogen) atoms. The Morgan fingerprint density at radius 2 is 1.66 bits per heavy atom. The first-order valence-electron chi connectivity index (χ1n) is 8.70. The maximum atomic E-state index is 12.4. The summed E-state index contributed by atoms with van der Waals surface area (Å²) in [4.78, 5) is 3.89. The van der Waals surface area contributed by atoms with Crippen LogP contribution in [0.15, 0.2) is 71.1 Å². The van der Waals surface area contributed by atoms with Crippen molar-refractivity contribution >= 4 is 42.4 Å². The molecule has 1 aliphatic rings. The van der Waals surface area contributed by atoms with E-state index in [4.69, 9.17) is 0 Å². The second-order valence-electron chi connectivity index (χ2n) is 6.55. The van der Waals surface area contributed by atoms with E-state index in [1.54, 1.807) is 5.38 Å². The third-order valence-corrected chi connectivity index (χ3v) is 7.69. The molecule has 0 radical (unpaired) electrons. The van der Waals surface area contributed by atoms with Crippen LogP contribution in [0.2, 0.25) is 0 Å². The number of benzene rings is 2. The number of rotatable bonds is 8. The highest BCUT2D eigenvalue weighted by atomic mass is 32.2. The van der Waals surface area contributed by atoms with Crippen LogP contribution in [0, 0.1) is 0 Å². The van der Waals surface area contributed by atoms with Gasteiger partial charge in [0.15, 0.2) is 5.13 Å². The average molecular weight is 451 g/mol. The van der Waals surface area contributed by atoms with E-state index in [0.717, 1.165) is 23.3 Å². The van der Waals surface area contributed by atoms with Gasteiger partial charge >= 0.3 is 0 Å². The lowest BCUT2D eigenvalue weighted by Crippen LogP contribution is -2.32. The number of anilines is 2. The van der Waals surface area contributed by atoms with Gasteiger partial charge in [-0.15, -0.1) is 11.3 Å². The van der Waals surface area contributed by atoms with Crippen molar-refractivity contribution in [2.24, 2.45) is 0 Å². The number of sulfonamides is 1. The minimum atomic E-state index is -3.79. The fourth-order valence-corrected chi connectivity index (χ4v) is 5.88. The molecule has 11 heteroatoms.